The third kappa shape index (κ3) is 4.60. The van der Waals surface area contributed by atoms with Crippen molar-refractivity contribution in [1.29, 1.82) is 0 Å². The number of carbonyl (C=O) groups excluding carboxylic acids is 1. The summed E-state index contributed by atoms with van der Waals surface area (Å²) in [4.78, 5) is 12.9. The van der Waals surface area contributed by atoms with Gasteiger partial charge in [-0.15, -0.1) is 0 Å². The fourth-order valence-electron chi connectivity index (χ4n) is 3.79. The first kappa shape index (κ1) is 24.0. The first-order valence-electron chi connectivity index (χ1n) is 10.0. The Morgan fingerprint density at radius 3 is 2.50 bits per heavy atom. The molecular weight excluding hydrogens is 496 g/mol. The SMILES string of the molecule is COc1ccc([C@@H]2C[C@@H](C(F)(F)F)n3ncc(C(=O)Nc4ccc(Cl)c(Cl)c4)c3N2)cc1OC. The Morgan fingerprint density at radius 1 is 1.12 bits per heavy atom. The molecule has 180 valence electrons. The number of hydrogen-bond donors (Lipinski definition) is 2. The third-order valence-electron chi connectivity index (χ3n) is 5.47. The summed E-state index contributed by atoms with van der Waals surface area (Å²) in [5.74, 6) is 0.120. The van der Waals surface area contributed by atoms with Crippen LogP contribution in [0.5, 0.6) is 11.5 Å². The van der Waals surface area contributed by atoms with Crippen LogP contribution < -0.4 is 20.1 Å². The van der Waals surface area contributed by atoms with E-state index in [2.05, 4.69) is 15.7 Å². The van der Waals surface area contributed by atoms with E-state index in [4.69, 9.17) is 32.7 Å². The Morgan fingerprint density at radius 2 is 1.85 bits per heavy atom. The summed E-state index contributed by atoms with van der Waals surface area (Å²) in [6.45, 7) is 0. The van der Waals surface area contributed by atoms with Crippen LogP contribution in [0.4, 0.5) is 24.7 Å². The number of ether oxygens (including phenoxy) is 2. The summed E-state index contributed by atoms with van der Waals surface area (Å²) in [5.41, 5.74) is 0.819. The molecule has 7 nitrogen and oxygen atoms in total. The van der Waals surface area contributed by atoms with E-state index >= 15 is 0 Å². The smallest absolute Gasteiger partial charge is 0.410 e. The predicted molar refractivity (Wildman–Crippen MR) is 122 cm³/mol. The summed E-state index contributed by atoms with van der Waals surface area (Å²) < 4.78 is 53.1. The molecule has 2 atom stereocenters. The van der Waals surface area contributed by atoms with Gasteiger partial charge in [0, 0.05) is 12.1 Å². The minimum atomic E-state index is -4.59. The third-order valence-corrected chi connectivity index (χ3v) is 6.21. The lowest BCUT2D eigenvalue weighted by atomic mass is 9.96. The van der Waals surface area contributed by atoms with E-state index in [1.54, 1.807) is 18.2 Å². The van der Waals surface area contributed by atoms with E-state index in [1.165, 1.54) is 32.4 Å². The van der Waals surface area contributed by atoms with Crippen molar-refractivity contribution in [1.82, 2.24) is 9.78 Å². The van der Waals surface area contributed by atoms with Crippen molar-refractivity contribution in [2.45, 2.75) is 24.7 Å². The van der Waals surface area contributed by atoms with Crippen LogP contribution in [0.2, 0.25) is 10.0 Å². The van der Waals surface area contributed by atoms with Crippen LogP contribution in [-0.2, 0) is 0 Å². The van der Waals surface area contributed by atoms with E-state index in [0.717, 1.165) is 10.9 Å². The van der Waals surface area contributed by atoms with Gasteiger partial charge in [0.1, 0.15) is 11.4 Å². The molecule has 12 heteroatoms. The van der Waals surface area contributed by atoms with Crippen LogP contribution in [0.1, 0.15) is 34.4 Å². The zero-order chi connectivity index (χ0) is 24.6. The van der Waals surface area contributed by atoms with Crippen molar-refractivity contribution in [2.24, 2.45) is 0 Å². The molecule has 0 saturated heterocycles. The molecule has 1 amide bonds. The van der Waals surface area contributed by atoms with Crippen LogP contribution in [0.25, 0.3) is 0 Å². The second-order valence-electron chi connectivity index (χ2n) is 7.54. The lowest BCUT2D eigenvalue weighted by Crippen LogP contribution is -2.36. The maximum absolute atomic E-state index is 14.0. The number of amides is 1. The van der Waals surface area contributed by atoms with Gasteiger partial charge in [-0.1, -0.05) is 29.3 Å². The van der Waals surface area contributed by atoms with E-state index < -0.39 is 24.2 Å². The van der Waals surface area contributed by atoms with Crippen molar-refractivity contribution in [2.75, 3.05) is 24.9 Å². The lowest BCUT2D eigenvalue weighted by Gasteiger charge is -2.34. The summed E-state index contributed by atoms with van der Waals surface area (Å²) in [6, 6.07) is 6.62. The minimum Gasteiger partial charge on any atom is -0.493 e. The number of halogens is 5. The number of aromatic nitrogens is 2. The molecule has 0 aliphatic carbocycles. The van der Waals surface area contributed by atoms with Crippen molar-refractivity contribution >= 4 is 40.6 Å². The van der Waals surface area contributed by atoms with E-state index in [1.807, 2.05) is 0 Å². The minimum absolute atomic E-state index is 0.0501. The first-order valence-corrected chi connectivity index (χ1v) is 10.8. The largest absolute Gasteiger partial charge is 0.493 e. The van der Waals surface area contributed by atoms with Gasteiger partial charge in [0.25, 0.3) is 5.91 Å². The Hall–Kier alpha value is -3.11. The van der Waals surface area contributed by atoms with E-state index in [9.17, 15) is 18.0 Å². The van der Waals surface area contributed by atoms with Crippen LogP contribution in [0.15, 0.2) is 42.6 Å². The number of nitrogens with one attached hydrogen (secondary N) is 2. The predicted octanol–water partition coefficient (Wildman–Crippen LogP) is 6.12. The van der Waals surface area contributed by atoms with Gasteiger partial charge in [0.15, 0.2) is 17.5 Å². The Bertz CT molecular complexity index is 1230. The van der Waals surface area contributed by atoms with Gasteiger partial charge in [-0.2, -0.15) is 18.3 Å². The molecule has 1 aliphatic rings. The number of carbonyl (C=O) groups is 1. The number of benzene rings is 2. The van der Waals surface area contributed by atoms with Crippen molar-refractivity contribution in [3.63, 3.8) is 0 Å². The number of rotatable bonds is 5. The fraction of sp³-hybridized carbons (Fsp3) is 0.273. The molecule has 2 N–H and O–H groups in total. The first-order chi connectivity index (χ1) is 16.1. The number of methoxy groups -OCH3 is 2. The molecule has 1 aliphatic heterocycles. The van der Waals surface area contributed by atoms with Crippen LogP contribution >= 0.6 is 23.2 Å². The number of nitrogens with zero attached hydrogens (tertiary/aromatic N) is 2. The molecule has 0 fully saturated rings. The molecule has 1 aromatic heterocycles. The number of fused-ring (bicyclic) bond motifs is 1. The molecule has 34 heavy (non-hydrogen) atoms. The maximum atomic E-state index is 14.0. The molecule has 0 radical (unpaired) electrons. The number of alkyl halides is 3. The van der Waals surface area contributed by atoms with Crippen molar-refractivity contribution in [3.8, 4) is 11.5 Å². The van der Waals surface area contributed by atoms with Crippen LogP contribution in [0.3, 0.4) is 0 Å². The van der Waals surface area contributed by atoms with Gasteiger partial charge in [-0.05, 0) is 35.9 Å². The molecule has 2 aromatic carbocycles. The van der Waals surface area contributed by atoms with Gasteiger partial charge < -0.3 is 20.1 Å². The number of hydrogen-bond acceptors (Lipinski definition) is 5. The second kappa shape index (κ2) is 9.27. The molecule has 0 bridgehead atoms. The molecule has 4 rings (SSSR count). The average molecular weight is 515 g/mol. The summed E-state index contributed by atoms with van der Waals surface area (Å²) >= 11 is 11.9. The van der Waals surface area contributed by atoms with Crippen LogP contribution in [0, 0.1) is 0 Å². The standard InChI is InChI=1S/C22H19Cl2F3N4O3/c1-33-17-6-3-11(7-18(17)34-2)16-9-19(22(25,26)27)31-20(30-16)13(10-28-31)21(32)29-12-4-5-14(23)15(24)8-12/h3-8,10,16,19,30H,9H2,1-2H3,(H,29,32)/t16-,19-/m0/s1. The Kier molecular flexibility index (Phi) is 6.55. The molecule has 3 aromatic rings. The molecule has 0 spiro atoms. The highest BCUT2D eigenvalue weighted by Gasteiger charge is 2.47. The van der Waals surface area contributed by atoms with E-state index in [-0.39, 0.29) is 22.8 Å². The van der Waals surface area contributed by atoms with Gasteiger partial charge in [-0.3, -0.25) is 4.79 Å². The highest BCUT2D eigenvalue weighted by molar-refractivity contribution is 6.42. The highest BCUT2D eigenvalue weighted by atomic mass is 35.5. The monoisotopic (exact) mass is 514 g/mol. The Labute approximate surface area is 202 Å². The van der Waals surface area contributed by atoms with Gasteiger partial charge >= 0.3 is 6.18 Å². The van der Waals surface area contributed by atoms with E-state index in [0.29, 0.717) is 27.8 Å². The zero-order valence-corrected chi connectivity index (χ0v) is 19.4. The summed E-state index contributed by atoms with van der Waals surface area (Å²) in [7, 11) is 2.91. The summed E-state index contributed by atoms with van der Waals surface area (Å²) in [6.07, 6.45) is -3.82. The molecule has 0 saturated carbocycles. The second-order valence-corrected chi connectivity index (χ2v) is 8.35. The molecule has 0 unspecified atom stereocenters. The molecular formula is C22H19Cl2F3N4O3. The topological polar surface area (TPSA) is 77.4 Å². The quantitative estimate of drug-likeness (QED) is 0.428. The lowest BCUT2D eigenvalue weighted by molar-refractivity contribution is -0.173. The van der Waals surface area contributed by atoms with Gasteiger partial charge in [-0.25, -0.2) is 4.68 Å². The van der Waals surface area contributed by atoms with Gasteiger partial charge in [0.2, 0.25) is 0 Å². The van der Waals surface area contributed by atoms with Gasteiger partial charge in [0.05, 0.1) is 36.5 Å². The zero-order valence-electron chi connectivity index (χ0n) is 17.9. The normalized spacial score (nSPS) is 17.5. The average Bonchev–Trinajstić information content (AvgIpc) is 3.23. The Balaban J connectivity index is 1.69. The fourth-order valence-corrected chi connectivity index (χ4v) is 4.09. The van der Waals surface area contributed by atoms with Crippen molar-refractivity contribution in [3.05, 3.63) is 63.8 Å². The van der Waals surface area contributed by atoms with Crippen LogP contribution in [-0.4, -0.2) is 36.1 Å². The maximum Gasteiger partial charge on any atom is 0.410 e. The number of anilines is 2. The summed E-state index contributed by atoms with van der Waals surface area (Å²) in [5, 5.41) is 10.0. The highest BCUT2D eigenvalue weighted by Crippen LogP contribution is 2.45. The van der Waals surface area contributed by atoms with Crippen molar-refractivity contribution < 1.29 is 27.4 Å². The molecule has 2 heterocycles.